The van der Waals surface area contributed by atoms with Gasteiger partial charge in [-0.15, -0.1) is 23.1 Å². The molecule has 1 aliphatic carbocycles. The van der Waals surface area contributed by atoms with Gasteiger partial charge in [-0.1, -0.05) is 30.3 Å². The second-order valence-corrected chi connectivity index (χ2v) is 9.56. The summed E-state index contributed by atoms with van der Waals surface area (Å²) in [6, 6.07) is 10.0. The molecule has 0 saturated carbocycles. The third kappa shape index (κ3) is 4.26. The molecule has 2 heterocycles. The smallest absolute Gasteiger partial charge is 0.259 e. The van der Waals surface area contributed by atoms with Gasteiger partial charge in [0.05, 0.1) is 22.9 Å². The standard InChI is InChI=1S/C22H25N3O2S2/c1-14(15-8-4-3-5-9-15)25(2)19(26)13-28-12-18-23-21(27)20-16-10-6-7-11-17(16)29-22(20)24-18/h3-5,8-9,14H,6-7,10-13H2,1-2H3,(H,23,24,27). The molecular weight excluding hydrogens is 402 g/mol. The van der Waals surface area contributed by atoms with Gasteiger partial charge in [0.25, 0.3) is 5.56 Å². The fraction of sp³-hybridized carbons (Fsp3) is 0.409. The van der Waals surface area contributed by atoms with Crippen LogP contribution in [0.15, 0.2) is 35.1 Å². The zero-order valence-corrected chi connectivity index (χ0v) is 18.4. The van der Waals surface area contributed by atoms with Crippen LogP contribution >= 0.6 is 23.1 Å². The average Bonchev–Trinajstić information content (AvgIpc) is 3.12. The third-order valence-corrected chi connectivity index (χ3v) is 7.71. The Morgan fingerprint density at radius 1 is 1.28 bits per heavy atom. The molecular formula is C22H25N3O2S2. The number of nitrogens with one attached hydrogen (secondary N) is 1. The minimum absolute atomic E-state index is 0.0241. The molecule has 4 rings (SSSR count). The van der Waals surface area contributed by atoms with Crippen molar-refractivity contribution in [1.82, 2.24) is 14.9 Å². The fourth-order valence-corrected chi connectivity index (χ4v) is 5.88. The number of aryl methyl sites for hydroxylation is 2. The number of aromatic nitrogens is 2. The highest BCUT2D eigenvalue weighted by atomic mass is 32.2. The monoisotopic (exact) mass is 427 g/mol. The number of thiophene rings is 1. The average molecular weight is 428 g/mol. The fourth-order valence-electron chi connectivity index (χ4n) is 3.78. The highest BCUT2D eigenvalue weighted by Gasteiger charge is 2.20. The summed E-state index contributed by atoms with van der Waals surface area (Å²) in [5.41, 5.74) is 2.29. The van der Waals surface area contributed by atoms with E-state index in [2.05, 4.69) is 9.97 Å². The molecule has 1 amide bonds. The van der Waals surface area contributed by atoms with Crippen molar-refractivity contribution in [1.29, 1.82) is 0 Å². The van der Waals surface area contributed by atoms with Gasteiger partial charge in [-0.2, -0.15) is 0 Å². The van der Waals surface area contributed by atoms with Crippen molar-refractivity contribution < 1.29 is 4.79 Å². The van der Waals surface area contributed by atoms with E-state index in [1.807, 2.05) is 44.3 Å². The molecule has 7 heteroatoms. The van der Waals surface area contributed by atoms with Gasteiger partial charge in [-0.3, -0.25) is 9.59 Å². The molecule has 1 atom stereocenters. The number of aromatic amines is 1. The summed E-state index contributed by atoms with van der Waals surface area (Å²) < 4.78 is 0. The summed E-state index contributed by atoms with van der Waals surface area (Å²) in [6.45, 7) is 2.03. The van der Waals surface area contributed by atoms with Gasteiger partial charge < -0.3 is 9.88 Å². The lowest BCUT2D eigenvalue weighted by Gasteiger charge is -2.25. The number of carbonyl (C=O) groups is 1. The van der Waals surface area contributed by atoms with E-state index in [-0.39, 0.29) is 17.5 Å². The number of nitrogens with zero attached hydrogens (tertiary/aromatic N) is 2. The van der Waals surface area contributed by atoms with Crippen LogP contribution in [-0.4, -0.2) is 33.6 Å². The third-order valence-electron chi connectivity index (χ3n) is 5.59. The number of hydrogen-bond donors (Lipinski definition) is 1. The van der Waals surface area contributed by atoms with Crippen molar-refractivity contribution in [2.24, 2.45) is 0 Å². The molecule has 152 valence electrons. The molecule has 1 N–H and O–H groups in total. The Labute approximate surface area is 178 Å². The minimum Gasteiger partial charge on any atom is -0.338 e. The normalized spacial score (nSPS) is 14.6. The van der Waals surface area contributed by atoms with Gasteiger partial charge in [0.1, 0.15) is 10.7 Å². The van der Waals surface area contributed by atoms with Crippen LogP contribution in [0.1, 0.15) is 47.6 Å². The van der Waals surface area contributed by atoms with Gasteiger partial charge in [0.2, 0.25) is 5.91 Å². The van der Waals surface area contributed by atoms with E-state index in [1.54, 1.807) is 16.2 Å². The second-order valence-electron chi connectivity index (χ2n) is 7.49. The summed E-state index contributed by atoms with van der Waals surface area (Å²) in [5.74, 6) is 1.60. The number of hydrogen-bond acceptors (Lipinski definition) is 5. The Bertz CT molecular complexity index is 1070. The van der Waals surface area contributed by atoms with Gasteiger partial charge in [-0.25, -0.2) is 4.98 Å². The molecule has 5 nitrogen and oxygen atoms in total. The van der Waals surface area contributed by atoms with E-state index >= 15 is 0 Å². The van der Waals surface area contributed by atoms with Gasteiger partial charge >= 0.3 is 0 Å². The molecule has 2 aromatic heterocycles. The Hall–Kier alpha value is -2.12. The van der Waals surface area contributed by atoms with Crippen LogP contribution in [0.4, 0.5) is 0 Å². The van der Waals surface area contributed by atoms with E-state index in [0.717, 1.165) is 35.0 Å². The van der Waals surface area contributed by atoms with Crippen LogP contribution in [-0.2, 0) is 23.4 Å². The maximum Gasteiger partial charge on any atom is 0.259 e. The first-order chi connectivity index (χ1) is 14.0. The molecule has 1 aliphatic rings. The molecule has 0 bridgehead atoms. The van der Waals surface area contributed by atoms with Crippen LogP contribution < -0.4 is 5.56 Å². The summed E-state index contributed by atoms with van der Waals surface area (Å²) in [6.07, 6.45) is 4.37. The van der Waals surface area contributed by atoms with Gasteiger partial charge in [0.15, 0.2) is 0 Å². The number of rotatable bonds is 6. The van der Waals surface area contributed by atoms with Crippen LogP contribution in [0.2, 0.25) is 0 Å². The Balaban J connectivity index is 1.39. The lowest BCUT2D eigenvalue weighted by atomic mass is 9.97. The molecule has 3 aromatic rings. The van der Waals surface area contributed by atoms with E-state index in [0.29, 0.717) is 17.3 Å². The van der Waals surface area contributed by atoms with Crippen molar-refractivity contribution >= 4 is 39.2 Å². The van der Waals surface area contributed by atoms with Crippen LogP contribution in [0.25, 0.3) is 10.2 Å². The summed E-state index contributed by atoms with van der Waals surface area (Å²) in [5, 5.41) is 0.783. The number of fused-ring (bicyclic) bond motifs is 3. The Morgan fingerprint density at radius 3 is 2.83 bits per heavy atom. The molecule has 0 radical (unpaired) electrons. The number of amides is 1. The molecule has 0 saturated heterocycles. The highest BCUT2D eigenvalue weighted by Crippen LogP contribution is 2.33. The van der Waals surface area contributed by atoms with Crippen molar-refractivity contribution in [3.63, 3.8) is 0 Å². The van der Waals surface area contributed by atoms with Crippen molar-refractivity contribution in [3.05, 3.63) is 62.5 Å². The highest BCUT2D eigenvalue weighted by molar-refractivity contribution is 7.99. The maximum atomic E-state index is 12.6. The molecule has 0 aliphatic heterocycles. The van der Waals surface area contributed by atoms with Gasteiger partial charge in [-0.05, 0) is 43.7 Å². The van der Waals surface area contributed by atoms with Crippen LogP contribution in [0.5, 0.6) is 0 Å². The molecule has 0 spiro atoms. The number of thioether (sulfide) groups is 1. The minimum atomic E-state index is -0.0360. The topological polar surface area (TPSA) is 66.1 Å². The molecule has 1 unspecified atom stereocenters. The zero-order chi connectivity index (χ0) is 20.4. The number of benzene rings is 1. The van der Waals surface area contributed by atoms with E-state index < -0.39 is 0 Å². The maximum absolute atomic E-state index is 12.6. The second kappa shape index (κ2) is 8.71. The van der Waals surface area contributed by atoms with E-state index in [1.165, 1.54) is 28.6 Å². The SMILES string of the molecule is CC(c1ccccc1)N(C)C(=O)CSCc1nc2sc3c(c2c(=O)[nH]1)CCCC3. The largest absolute Gasteiger partial charge is 0.338 e. The first-order valence-corrected chi connectivity index (χ1v) is 11.9. The quantitative estimate of drug-likeness (QED) is 0.636. The zero-order valence-electron chi connectivity index (χ0n) is 16.7. The van der Waals surface area contributed by atoms with Crippen LogP contribution in [0, 0.1) is 0 Å². The molecule has 1 aromatic carbocycles. The van der Waals surface area contributed by atoms with Crippen molar-refractivity contribution in [3.8, 4) is 0 Å². The first-order valence-electron chi connectivity index (χ1n) is 9.96. The van der Waals surface area contributed by atoms with Crippen LogP contribution in [0.3, 0.4) is 0 Å². The molecule has 29 heavy (non-hydrogen) atoms. The lowest BCUT2D eigenvalue weighted by molar-refractivity contribution is -0.128. The van der Waals surface area contributed by atoms with Gasteiger partial charge in [0, 0.05) is 11.9 Å². The van der Waals surface area contributed by atoms with Crippen molar-refractivity contribution in [2.75, 3.05) is 12.8 Å². The lowest BCUT2D eigenvalue weighted by Crippen LogP contribution is -2.31. The predicted molar refractivity (Wildman–Crippen MR) is 121 cm³/mol. The summed E-state index contributed by atoms with van der Waals surface area (Å²) in [4.78, 5) is 36.7. The Kier molecular flexibility index (Phi) is 6.06. The first kappa shape index (κ1) is 20.2. The Morgan fingerprint density at radius 2 is 2.03 bits per heavy atom. The molecule has 0 fully saturated rings. The predicted octanol–water partition coefficient (Wildman–Crippen LogP) is 4.32. The summed E-state index contributed by atoms with van der Waals surface area (Å²) in [7, 11) is 1.84. The van der Waals surface area contributed by atoms with Crippen molar-refractivity contribution in [2.45, 2.75) is 44.4 Å². The van der Waals surface area contributed by atoms with E-state index in [4.69, 9.17) is 0 Å². The summed E-state index contributed by atoms with van der Waals surface area (Å²) >= 11 is 3.15. The number of H-pyrrole nitrogens is 1. The van der Waals surface area contributed by atoms with E-state index in [9.17, 15) is 9.59 Å². The number of carbonyl (C=O) groups excluding carboxylic acids is 1.